The number of nitrogens with zero attached hydrogens (tertiary/aromatic N) is 1. The first-order valence-electron chi connectivity index (χ1n) is 6.18. The van der Waals surface area contributed by atoms with Crippen molar-refractivity contribution in [3.8, 4) is 0 Å². The molecule has 1 saturated carbocycles. The zero-order chi connectivity index (χ0) is 14.3. The number of hydrogen-bond donors (Lipinski definition) is 2. The number of hydrogen-bond acceptors (Lipinski definition) is 4. The fourth-order valence-corrected chi connectivity index (χ4v) is 2.47. The van der Waals surface area contributed by atoms with E-state index in [4.69, 9.17) is 10.9 Å². The van der Waals surface area contributed by atoms with Crippen molar-refractivity contribution >= 4 is 37.2 Å². The van der Waals surface area contributed by atoms with E-state index in [2.05, 4.69) is 19.1 Å². The third-order valence-corrected chi connectivity index (χ3v) is 3.79. The van der Waals surface area contributed by atoms with Gasteiger partial charge in [-0.15, -0.1) is 0 Å². The van der Waals surface area contributed by atoms with Gasteiger partial charge in [-0.05, 0) is 0 Å². The summed E-state index contributed by atoms with van der Waals surface area (Å²) in [6.07, 6.45) is 3.12. The molecule has 1 amide bonds. The number of carboxylic acids is 1. The Morgan fingerprint density at radius 2 is 2.22 bits per heavy atom. The van der Waals surface area contributed by atoms with Gasteiger partial charge in [0.1, 0.15) is 0 Å². The van der Waals surface area contributed by atoms with E-state index in [0.717, 1.165) is 20.0 Å². The fourth-order valence-electron chi connectivity index (χ4n) is 2.03. The molecule has 0 bridgehead atoms. The summed E-state index contributed by atoms with van der Waals surface area (Å²) in [5.41, 5.74) is 0. The zero-order valence-corrected chi connectivity index (χ0v) is 12.0. The van der Waals surface area contributed by atoms with E-state index in [9.17, 15) is 9.59 Å². The number of rotatable bonds is 6. The molecule has 0 radical (unpaired) electrons. The molecule has 0 heterocycles. The zero-order valence-electron chi connectivity index (χ0n) is 10.9. The first kappa shape index (κ1) is 14.0. The third-order valence-electron chi connectivity index (χ3n) is 2.86. The Labute approximate surface area is 112 Å². The van der Waals surface area contributed by atoms with Crippen molar-refractivity contribution in [3.05, 3.63) is 0 Å². The standard InChI is InChI=1S/C9H17BN2O4P2/c13-8(11-10-12-18-16-5-17)6-3-1-2-4-7(6)9(14)15/h6-7,18H,1-5,17H2,(H,11,13)(H,14,15)/t6-,7+,18?/m1/s1/i18T. The maximum atomic E-state index is 11.9. The van der Waals surface area contributed by atoms with Gasteiger partial charge in [0.2, 0.25) is 0 Å². The molecule has 1 fully saturated rings. The van der Waals surface area contributed by atoms with Crippen LogP contribution in [0.15, 0.2) is 4.67 Å². The predicted octanol–water partition coefficient (Wildman–Crippen LogP) is 1.15. The summed E-state index contributed by atoms with van der Waals surface area (Å²) < 4.78 is 15.9. The summed E-state index contributed by atoms with van der Waals surface area (Å²) in [6, 6.07) is 0. The van der Waals surface area contributed by atoms with Crippen LogP contribution in [0.4, 0.5) is 0 Å². The Morgan fingerprint density at radius 3 is 2.83 bits per heavy atom. The molecule has 18 heavy (non-hydrogen) atoms. The van der Waals surface area contributed by atoms with Gasteiger partial charge >= 0.3 is 111 Å². The number of carbonyl (C=O) groups excluding carboxylic acids is 1. The third kappa shape index (κ3) is 5.09. The molecule has 0 aromatic rings. The van der Waals surface area contributed by atoms with Gasteiger partial charge in [0.05, 0.1) is 0 Å². The van der Waals surface area contributed by atoms with E-state index in [1.807, 2.05) is 0 Å². The van der Waals surface area contributed by atoms with Gasteiger partial charge in [-0.3, -0.25) is 0 Å². The number of amides is 1. The van der Waals surface area contributed by atoms with Crippen LogP contribution in [0.2, 0.25) is 0 Å². The van der Waals surface area contributed by atoms with Gasteiger partial charge in [0.25, 0.3) is 0 Å². The number of aliphatic carboxylic acids is 1. The Hall–Kier alpha value is -0.375. The molecule has 100 valence electrons. The molecule has 0 aliphatic heterocycles. The summed E-state index contributed by atoms with van der Waals surface area (Å²) >= 11 is 0. The number of nitrogens with one attached hydrogen (secondary N) is 1. The molecule has 0 aromatic carbocycles. The molecule has 0 aromatic heterocycles. The normalized spacial score (nSPS) is 26.2. The summed E-state index contributed by atoms with van der Waals surface area (Å²) in [6.45, 7) is 0. The summed E-state index contributed by atoms with van der Waals surface area (Å²) in [4.78, 5) is 23.0. The average Bonchev–Trinajstić information content (AvgIpc) is 2.38. The number of carboxylic acid groups (broad SMARTS) is 1. The Kier molecular flexibility index (Phi) is 6.77. The molecule has 0 saturated heterocycles. The molecule has 1 rings (SSSR count). The summed E-state index contributed by atoms with van der Waals surface area (Å²) in [5, 5.41) is 11.5. The second-order valence-electron chi connectivity index (χ2n) is 3.97. The van der Waals surface area contributed by atoms with Gasteiger partial charge in [-0.1, -0.05) is 0 Å². The number of carbonyl (C=O) groups is 2. The molecule has 1 aliphatic rings. The molecule has 2 N–H and O–H groups in total. The van der Waals surface area contributed by atoms with Crippen LogP contribution in [0.5, 0.6) is 0 Å². The fraction of sp³-hybridized carbons (Fsp3) is 0.778. The molecule has 4 atom stereocenters. The first-order valence-corrected chi connectivity index (χ1v) is 7.32. The summed E-state index contributed by atoms with van der Waals surface area (Å²) in [7, 11) is 1.76. The van der Waals surface area contributed by atoms with Gasteiger partial charge in [-0.25, -0.2) is 0 Å². The van der Waals surface area contributed by atoms with Crippen molar-refractivity contribution < 1.29 is 19.2 Å². The molecule has 1 aliphatic carbocycles. The molecule has 0 spiro atoms. The summed E-state index contributed by atoms with van der Waals surface area (Å²) in [5.74, 6) is -2.41. The van der Waals surface area contributed by atoms with E-state index in [-0.39, 0.29) is 5.91 Å². The van der Waals surface area contributed by atoms with Crippen molar-refractivity contribution in [2.24, 2.45) is 16.5 Å². The van der Waals surface area contributed by atoms with Crippen molar-refractivity contribution in [1.82, 2.24) is 5.23 Å². The van der Waals surface area contributed by atoms with E-state index in [1.165, 1.54) is 0 Å². The van der Waals surface area contributed by atoms with Gasteiger partial charge < -0.3 is 0 Å². The van der Waals surface area contributed by atoms with Crippen LogP contribution >= 0.6 is 18.1 Å². The Bertz CT molecular complexity index is 361. The van der Waals surface area contributed by atoms with Gasteiger partial charge in [0, 0.05) is 0 Å². The van der Waals surface area contributed by atoms with Crippen molar-refractivity contribution in [2.45, 2.75) is 25.7 Å². The SMILES string of the molecule is [3H]P(/N=B/NC(=O)[C@@H]1CCCC[C@@H]1C(=O)O)OCP. The topological polar surface area (TPSA) is 88.0 Å². The van der Waals surface area contributed by atoms with Gasteiger partial charge in [0.15, 0.2) is 0 Å². The van der Waals surface area contributed by atoms with Crippen LogP contribution in [0.1, 0.15) is 25.7 Å². The van der Waals surface area contributed by atoms with Gasteiger partial charge in [-0.2, -0.15) is 0 Å². The average molecular weight is 292 g/mol. The van der Waals surface area contributed by atoms with Crippen LogP contribution < -0.4 is 5.23 Å². The first-order chi connectivity index (χ1) is 9.06. The van der Waals surface area contributed by atoms with E-state index in [0.29, 0.717) is 19.2 Å². The van der Waals surface area contributed by atoms with Crippen LogP contribution in [-0.4, -0.2) is 31.8 Å². The molecular formula is C9H17BN2O4P2. The quantitative estimate of drug-likeness (QED) is 0.568. The van der Waals surface area contributed by atoms with E-state index < -0.39 is 26.7 Å². The minimum atomic E-state index is -1.68. The minimum absolute atomic E-state index is 0.310. The van der Waals surface area contributed by atoms with Crippen molar-refractivity contribution in [1.29, 1.82) is 1.28 Å². The van der Waals surface area contributed by atoms with Crippen LogP contribution in [0, 0.1) is 11.8 Å². The van der Waals surface area contributed by atoms with Crippen molar-refractivity contribution in [3.63, 3.8) is 0 Å². The van der Waals surface area contributed by atoms with Crippen LogP contribution in [0.3, 0.4) is 0 Å². The van der Waals surface area contributed by atoms with E-state index >= 15 is 0 Å². The maximum absolute atomic E-state index is 11.9. The second-order valence-corrected chi connectivity index (χ2v) is 4.95. The Morgan fingerprint density at radius 1 is 1.56 bits per heavy atom. The monoisotopic (exact) mass is 292 g/mol. The molecular weight excluding hydrogens is 273 g/mol. The molecule has 6 nitrogen and oxygen atoms in total. The molecule has 2 unspecified atom stereocenters. The molecule has 9 heteroatoms. The van der Waals surface area contributed by atoms with Crippen LogP contribution in [-0.2, 0) is 14.1 Å². The second kappa shape index (κ2) is 8.68. The Balaban J connectivity index is 2.49. The van der Waals surface area contributed by atoms with Crippen LogP contribution in [0.25, 0.3) is 0 Å². The van der Waals surface area contributed by atoms with Crippen molar-refractivity contribution in [2.75, 3.05) is 6.35 Å². The van der Waals surface area contributed by atoms with E-state index in [1.54, 1.807) is 0 Å². The predicted molar refractivity (Wildman–Crippen MR) is 73.4 cm³/mol.